The van der Waals surface area contributed by atoms with Crippen molar-refractivity contribution in [2.75, 3.05) is 5.73 Å². The topological polar surface area (TPSA) is 108 Å². The number of oxazole rings is 1. The van der Waals surface area contributed by atoms with Crippen LogP contribution in [-0.2, 0) is 5.41 Å². The van der Waals surface area contributed by atoms with E-state index in [-0.39, 0.29) is 11.6 Å². The van der Waals surface area contributed by atoms with Crippen molar-refractivity contribution in [3.8, 4) is 11.6 Å². The maximum Gasteiger partial charge on any atom is 0.246 e. The fourth-order valence-corrected chi connectivity index (χ4v) is 3.24. The van der Waals surface area contributed by atoms with Gasteiger partial charge in [0.1, 0.15) is 17.8 Å². The first-order chi connectivity index (χ1) is 12.6. The number of aromatic nitrogens is 6. The average molecular weight is 351 g/mol. The summed E-state index contributed by atoms with van der Waals surface area (Å²) in [5.74, 6) is 0.702. The third-order valence-electron chi connectivity index (χ3n) is 4.75. The van der Waals surface area contributed by atoms with Gasteiger partial charge < -0.3 is 10.2 Å². The fourth-order valence-electron chi connectivity index (χ4n) is 3.24. The molecule has 8 nitrogen and oxygen atoms in total. The fraction of sp³-hybridized carbons (Fsp3) is 0.235. The van der Waals surface area contributed by atoms with Gasteiger partial charge in [0.2, 0.25) is 5.89 Å². The van der Waals surface area contributed by atoms with Crippen molar-refractivity contribution < 1.29 is 8.81 Å². The Hall–Kier alpha value is -3.36. The van der Waals surface area contributed by atoms with Gasteiger partial charge >= 0.3 is 0 Å². The van der Waals surface area contributed by atoms with Gasteiger partial charge in [0, 0.05) is 6.20 Å². The molecule has 5 rings (SSSR count). The van der Waals surface area contributed by atoms with E-state index in [4.69, 9.17) is 10.2 Å². The molecular formula is C17H14FN7O. The van der Waals surface area contributed by atoms with Gasteiger partial charge in [-0.3, -0.25) is 4.98 Å². The number of pyridine rings is 1. The number of nitrogen functional groups attached to an aromatic ring is 1. The lowest BCUT2D eigenvalue weighted by atomic mass is 10.0. The summed E-state index contributed by atoms with van der Waals surface area (Å²) in [6.07, 6.45) is 6.04. The molecule has 0 unspecified atom stereocenters. The largest absolute Gasteiger partial charge is 0.443 e. The highest BCUT2D eigenvalue weighted by atomic mass is 19.1. The summed E-state index contributed by atoms with van der Waals surface area (Å²) in [6.45, 7) is 1.83. The lowest BCUT2D eigenvalue weighted by Crippen LogP contribution is -2.15. The van der Waals surface area contributed by atoms with Gasteiger partial charge in [-0.2, -0.15) is 0 Å². The zero-order valence-electron chi connectivity index (χ0n) is 13.8. The Labute approximate surface area is 146 Å². The normalized spacial score (nSPS) is 15.5. The van der Waals surface area contributed by atoms with Crippen molar-refractivity contribution in [3.05, 3.63) is 53.8 Å². The molecule has 2 N–H and O–H groups in total. The molecule has 1 aliphatic rings. The predicted octanol–water partition coefficient (Wildman–Crippen LogP) is 2.28. The minimum atomic E-state index is -0.612. The molecule has 1 aliphatic carbocycles. The lowest BCUT2D eigenvalue weighted by molar-refractivity contribution is 0.568. The number of nitrogens with zero attached hydrogens (tertiary/aromatic N) is 6. The van der Waals surface area contributed by atoms with Gasteiger partial charge in [0.05, 0.1) is 23.0 Å². The Morgan fingerprint density at radius 3 is 2.77 bits per heavy atom. The molecule has 26 heavy (non-hydrogen) atoms. The Bertz CT molecular complexity index is 1130. The van der Waals surface area contributed by atoms with E-state index >= 15 is 0 Å². The number of halogens is 1. The molecular weight excluding hydrogens is 337 g/mol. The Morgan fingerprint density at radius 2 is 2.08 bits per heavy atom. The number of hydrogen-bond acceptors (Lipinski definition) is 7. The van der Waals surface area contributed by atoms with E-state index in [0.29, 0.717) is 34.4 Å². The Kier molecular flexibility index (Phi) is 2.91. The summed E-state index contributed by atoms with van der Waals surface area (Å²) in [5, 5.41) is 4.60. The van der Waals surface area contributed by atoms with Crippen LogP contribution in [0, 0.1) is 12.7 Å². The van der Waals surface area contributed by atoms with E-state index < -0.39 is 5.41 Å². The van der Waals surface area contributed by atoms with E-state index in [0.717, 1.165) is 12.8 Å². The SMILES string of the molecule is Cc1c(-c2ncco2)nc(N)c2nc(C3(c4ncccc4F)CC3)nn12. The van der Waals surface area contributed by atoms with Crippen LogP contribution in [0.5, 0.6) is 0 Å². The maximum atomic E-state index is 14.3. The number of aryl methyl sites for hydroxylation is 1. The molecule has 4 heterocycles. The summed E-state index contributed by atoms with van der Waals surface area (Å²) >= 11 is 0. The quantitative estimate of drug-likeness (QED) is 0.603. The van der Waals surface area contributed by atoms with Crippen molar-refractivity contribution in [1.29, 1.82) is 0 Å². The molecule has 0 radical (unpaired) electrons. The van der Waals surface area contributed by atoms with Gasteiger partial charge in [-0.1, -0.05) is 0 Å². The molecule has 0 atom stereocenters. The summed E-state index contributed by atoms with van der Waals surface area (Å²) in [5.41, 5.74) is 7.45. The van der Waals surface area contributed by atoms with Crippen LogP contribution < -0.4 is 5.73 Å². The van der Waals surface area contributed by atoms with Crippen LogP contribution in [0.1, 0.15) is 30.1 Å². The van der Waals surface area contributed by atoms with Crippen molar-refractivity contribution in [3.63, 3.8) is 0 Å². The number of anilines is 1. The van der Waals surface area contributed by atoms with Crippen LogP contribution in [0.4, 0.5) is 10.2 Å². The third kappa shape index (κ3) is 1.97. The van der Waals surface area contributed by atoms with Gasteiger partial charge in [-0.15, -0.1) is 5.10 Å². The van der Waals surface area contributed by atoms with Crippen molar-refractivity contribution in [2.24, 2.45) is 0 Å². The van der Waals surface area contributed by atoms with Gasteiger partial charge in [-0.25, -0.2) is 23.9 Å². The highest BCUT2D eigenvalue weighted by Gasteiger charge is 2.52. The minimum Gasteiger partial charge on any atom is -0.443 e. The van der Waals surface area contributed by atoms with E-state index in [1.54, 1.807) is 16.8 Å². The smallest absolute Gasteiger partial charge is 0.246 e. The van der Waals surface area contributed by atoms with Gasteiger partial charge in [0.15, 0.2) is 17.3 Å². The van der Waals surface area contributed by atoms with E-state index in [1.807, 2.05) is 6.92 Å². The van der Waals surface area contributed by atoms with Crippen molar-refractivity contribution in [1.82, 2.24) is 29.5 Å². The summed E-state index contributed by atoms with van der Waals surface area (Å²) in [7, 11) is 0. The van der Waals surface area contributed by atoms with Crippen molar-refractivity contribution >= 4 is 11.5 Å². The zero-order valence-corrected chi connectivity index (χ0v) is 13.8. The molecule has 0 spiro atoms. The van der Waals surface area contributed by atoms with Crippen LogP contribution in [0.15, 0.2) is 35.2 Å². The molecule has 1 saturated carbocycles. The molecule has 130 valence electrons. The molecule has 4 aromatic rings. The average Bonchev–Trinajstić information content (AvgIpc) is 3.08. The predicted molar refractivity (Wildman–Crippen MR) is 89.6 cm³/mol. The molecule has 9 heteroatoms. The zero-order chi connectivity index (χ0) is 17.9. The molecule has 0 amide bonds. The van der Waals surface area contributed by atoms with Crippen LogP contribution in [-0.4, -0.2) is 29.5 Å². The standard InChI is InChI=1S/C17H14FN7O/c1-9-11(15-21-7-8-26-15)22-13(19)14-23-16(24-25(9)14)17(4-5-17)12-10(18)3-2-6-20-12/h2-3,6-8H,4-5H2,1H3,(H2,19,22). The first-order valence-corrected chi connectivity index (χ1v) is 8.14. The Morgan fingerprint density at radius 1 is 1.23 bits per heavy atom. The highest BCUT2D eigenvalue weighted by Crippen LogP contribution is 2.52. The van der Waals surface area contributed by atoms with Crippen LogP contribution >= 0.6 is 0 Å². The highest BCUT2D eigenvalue weighted by molar-refractivity contribution is 5.66. The Balaban J connectivity index is 1.71. The monoisotopic (exact) mass is 351 g/mol. The number of fused-ring (bicyclic) bond motifs is 1. The number of rotatable bonds is 3. The first kappa shape index (κ1) is 14.9. The van der Waals surface area contributed by atoms with E-state index in [2.05, 4.69) is 25.0 Å². The summed E-state index contributed by atoms with van der Waals surface area (Å²) < 4.78 is 21.2. The summed E-state index contributed by atoms with van der Waals surface area (Å²) in [4.78, 5) is 17.3. The number of nitrogens with two attached hydrogens (primary N) is 1. The van der Waals surface area contributed by atoms with Crippen LogP contribution in [0.3, 0.4) is 0 Å². The second-order valence-corrected chi connectivity index (χ2v) is 6.36. The molecule has 0 saturated heterocycles. The molecule has 4 aromatic heterocycles. The summed E-state index contributed by atoms with van der Waals surface area (Å²) in [6, 6.07) is 2.97. The molecule has 0 bridgehead atoms. The third-order valence-corrected chi connectivity index (χ3v) is 4.75. The second kappa shape index (κ2) is 5.07. The van der Waals surface area contributed by atoms with Crippen LogP contribution in [0.2, 0.25) is 0 Å². The molecule has 0 aliphatic heterocycles. The molecule has 1 fully saturated rings. The first-order valence-electron chi connectivity index (χ1n) is 8.14. The van der Waals surface area contributed by atoms with Gasteiger partial charge in [-0.05, 0) is 31.9 Å². The van der Waals surface area contributed by atoms with Crippen molar-refractivity contribution in [2.45, 2.75) is 25.2 Å². The van der Waals surface area contributed by atoms with Gasteiger partial charge in [0.25, 0.3) is 0 Å². The number of hydrogen-bond donors (Lipinski definition) is 1. The minimum absolute atomic E-state index is 0.208. The maximum absolute atomic E-state index is 14.3. The molecule has 0 aromatic carbocycles. The second-order valence-electron chi connectivity index (χ2n) is 6.36. The van der Waals surface area contributed by atoms with E-state index in [1.165, 1.54) is 18.5 Å². The van der Waals surface area contributed by atoms with E-state index in [9.17, 15) is 4.39 Å². The lowest BCUT2D eigenvalue weighted by Gasteiger charge is -2.10. The van der Waals surface area contributed by atoms with Crippen LogP contribution in [0.25, 0.3) is 17.2 Å².